The van der Waals surface area contributed by atoms with E-state index in [1.54, 1.807) is 0 Å². The van der Waals surface area contributed by atoms with Crippen molar-refractivity contribution >= 4 is 5.91 Å². The van der Waals surface area contributed by atoms with Gasteiger partial charge in [0, 0.05) is 0 Å². The molecule has 1 N–H and O–H groups in total. The van der Waals surface area contributed by atoms with Gasteiger partial charge in [-0.1, -0.05) is 36.8 Å². The molecule has 4 heteroatoms. The molecule has 2 aromatic rings. The van der Waals surface area contributed by atoms with Crippen LogP contribution in [0.5, 0.6) is 11.5 Å². The molecule has 2 atom stereocenters. The summed E-state index contributed by atoms with van der Waals surface area (Å²) in [6, 6.07) is 13.8. The molecule has 0 spiro atoms. The van der Waals surface area contributed by atoms with Crippen molar-refractivity contribution in [2.75, 3.05) is 6.61 Å². The van der Waals surface area contributed by atoms with E-state index in [0.717, 1.165) is 22.6 Å². The summed E-state index contributed by atoms with van der Waals surface area (Å²) in [5, 5.41) is 2.98. The molecule has 0 aliphatic heterocycles. The number of aryl methyl sites for hydroxylation is 3. The topological polar surface area (TPSA) is 47.6 Å². The number of amides is 1. The Hall–Kier alpha value is -2.49. The number of ether oxygens (including phenoxy) is 2. The first-order valence-electron chi connectivity index (χ1n) is 9.12. The van der Waals surface area contributed by atoms with Gasteiger partial charge >= 0.3 is 0 Å². The molecule has 0 aliphatic rings. The number of hydrogen-bond acceptors (Lipinski definition) is 3. The third-order valence-corrected chi connectivity index (χ3v) is 4.19. The van der Waals surface area contributed by atoms with Crippen LogP contribution in [0.3, 0.4) is 0 Å². The lowest BCUT2D eigenvalue weighted by Gasteiger charge is -2.22. The SMILES string of the molecule is CCC(Oc1cc(C)ccc1C)C(=O)NC(C)COc1ccc(C)cc1. The lowest BCUT2D eigenvalue weighted by atomic mass is 10.1. The Morgan fingerprint density at radius 3 is 2.35 bits per heavy atom. The minimum Gasteiger partial charge on any atom is -0.491 e. The van der Waals surface area contributed by atoms with Crippen molar-refractivity contribution in [3.8, 4) is 11.5 Å². The summed E-state index contributed by atoms with van der Waals surface area (Å²) in [6.45, 7) is 10.3. The highest BCUT2D eigenvalue weighted by Gasteiger charge is 2.21. The van der Waals surface area contributed by atoms with Crippen LogP contribution >= 0.6 is 0 Å². The van der Waals surface area contributed by atoms with E-state index >= 15 is 0 Å². The second-order valence-electron chi connectivity index (χ2n) is 6.82. The summed E-state index contributed by atoms with van der Waals surface area (Å²) in [5.74, 6) is 1.44. The van der Waals surface area contributed by atoms with E-state index in [4.69, 9.17) is 9.47 Å². The van der Waals surface area contributed by atoms with E-state index in [2.05, 4.69) is 5.32 Å². The van der Waals surface area contributed by atoms with Crippen LogP contribution in [0.1, 0.15) is 37.0 Å². The Morgan fingerprint density at radius 2 is 1.69 bits per heavy atom. The van der Waals surface area contributed by atoms with Gasteiger partial charge in [-0.3, -0.25) is 4.79 Å². The van der Waals surface area contributed by atoms with Crippen LogP contribution in [-0.4, -0.2) is 24.7 Å². The summed E-state index contributed by atoms with van der Waals surface area (Å²) in [7, 11) is 0. The zero-order chi connectivity index (χ0) is 19.1. The molecule has 0 radical (unpaired) electrons. The molecule has 2 unspecified atom stereocenters. The van der Waals surface area contributed by atoms with E-state index < -0.39 is 6.10 Å². The van der Waals surface area contributed by atoms with Crippen molar-refractivity contribution in [3.63, 3.8) is 0 Å². The maximum atomic E-state index is 12.5. The lowest BCUT2D eigenvalue weighted by molar-refractivity contribution is -0.129. The van der Waals surface area contributed by atoms with Gasteiger partial charge in [0.25, 0.3) is 5.91 Å². The molecule has 0 saturated heterocycles. The molecule has 2 rings (SSSR count). The first-order valence-corrected chi connectivity index (χ1v) is 9.12. The summed E-state index contributed by atoms with van der Waals surface area (Å²) < 4.78 is 11.7. The summed E-state index contributed by atoms with van der Waals surface area (Å²) >= 11 is 0. The van der Waals surface area contributed by atoms with Gasteiger partial charge in [0.1, 0.15) is 18.1 Å². The largest absolute Gasteiger partial charge is 0.491 e. The molecular weight excluding hydrogens is 326 g/mol. The van der Waals surface area contributed by atoms with E-state index in [9.17, 15) is 4.79 Å². The fourth-order valence-corrected chi connectivity index (χ4v) is 2.54. The fourth-order valence-electron chi connectivity index (χ4n) is 2.54. The monoisotopic (exact) mass is 355 g/mol. The average molecular weight is 355 g/mol. The Bertz CT molecular complexity index is 725. The first-order chi connectivity index (χ1) is 12.4. The van der Waals surface area contributed by atoms with Gasteiger partial charge in [0.2, 0.25) is 0 Å². The highest BCUT2D eigenvalue weighted by Crippen LogP contribution is 2.21. The molecule has 26 heavy (non-hydrogen) atoms. The first kappa shape index (κ1) is 19.8. The molecule has 0 fully saturated rings. The van der Waals surface area contributed by atoms with Crippen molar-refractivity contribution in [2.45, 2.75) is 53.2 Å². The zero-order valence-corrected chi connectivity index (χ0v) is 16.3. The predicted molar refractivity (Wildman–Crippen MR) is 105 cm³/mol. The van der Waals surface area contributed by atoms with Crippen LogP contribution in [0.2, 0.25) is 0 Å². The molecule has 0 saturated carbocycles. The Balaban J connectivity index is 1.89. The third kappa shape index (κ3) is 5.80. The number of carbonyl (C=O) groups excluding carboxylic acids is 1. The summed E-state index contributed by atoms with van der Waals surface area (Å²) in [6.07, 6.45) is 0.0856. The third-order valence-electron chi connectivity index (χ3n) is 4.19. The molecule has 140 valence electrons. The number of rotatable bonds is 8. The van der Waals surface area contributed by atoms with Crippen LogP contribution in [-0.2, 0) is 4.79 Å². The van der Waals surface area contributed by atoms with Crippen LogP contribution in [0.4, 0.5) is 0 Å². The summed E-state index contributed by atoms with van der Waals surface area (Å²) in [4.78, 5) is 12.5. The van der Waals surface area contributed by atoms with Crippen LogP contribution in [0.15, 0.2) is 42.5 Å². The Labute approximate surface area is 156 Å². The van der Waals surface area contributed by atoms with Gasteiger partial charge in [-0.2, -0.15) is 0 Å². The van der Waals surface area contributed by atoms with E-state index in [-0.39, 0.29) is 11.9 Å². The number of nitrogens with one attached hydrogen (secondary N) is 1. The minimum absolute atomic E-state index is 0.111. The molecule has 2 aromatic carbocycles. The molecule has 4 nitrogen and oxygen atoms in total. The van der Waals surface area contributed by atoms with Gasteiger partial charge in [0.05, 0.1) is 6.04 Å². The van der Waals surface area contributed by atoms with Crippen molar-refractivity contribution in [2.24, 2.45) is 0 Å². The van der Waals surface area contributed by atoms with Crippen molar-refractivity contribution in [1.82, 2.24) is 5.32 Å². The van der Waals surface area contributed by atoms with Crippen molar-refractivity contribution < 1.29 is 14.3 Å². The van der Waals surface area contributed by atoms with Crippen LogP contribution in [0.25, 0.3) is 0 Å². The fraction of sp³-hybridized carbons (Fsp3) is 0.409. The van der Waals surface area contributed by atoms with E-state index in [1.807, 2.05) is 77.1 Å². The standard InChI is InChI=1S/C22H29NO3/c1-6-20(26-21-13-16(3)7-10-17(21)4)22(24)23-18(5)14-25-19-11-8-15(2)9-12-19/h7-13,18,20H,6,14H2,1-5H3,(H,23,24). The van der Waals surface area contributed by atoms with Gasteiger partial charge in [-0.15, -0.1) is 0 Å². The van der Waals surface area contributed by atoms with Crippen molar-refractivity contribution in [1.29, 1.82) is 0 Å². The second kappa shape index (κ2) is 9.27. The summed E-state index contributed by atoms with van der Waals surface area (Å²) in [5.41, 5.74) is 3.33. The van der Waals surface area contributed by atoms with Gasteiger partial charge in [0.15, 0.2) is 6.10 Å². The Kier molecular flexibility index (Phi) is 7.07. The highest BCUT2D eigenvalue weighted by molar-refractivity contribution is 5.81. The van der Waals surface area contributed by atoms with Crippen LogP contribution in [0, 0.1) is 20.8 Å². The normalized spacial score (nSPS) is 13.0. The maximum absolute atomic E-state index is 12.5. The van der Waals surface area contributed by atoms with E-state index in [0.29, 0.717) is 13.0 Å². The number of benzene rings is 2. The predicted octanol–water partition coefficient (Wildman–Crippen LogP) is 4.35. The highest BCUT2D eigenvalue weighted by atomic mass is 16.5. The van der Waals surface area contributed by atoms with Crippen molar-refractivity contribution in [3.05, 3.63) is 59.2 Å². The quantitative estimate of drug-likeness (QED) is 0.766. The molecule has 0 aliphatic carbocycles. The molecule has 1 amide bonds. The number of hydrogen-bond donors (Lipinski definition) is 1. The zero-order valence-electron chi connectivity index (χ0n) is 16.3. The smallest absolute Gasteiger partial charge is 0.261 e. The van der Waals surface area contributed by atoms with E-state index in [1.165, 1.54) is 5.56 Å². The maximum Gasteiger partial charge on any atom is 0.261 e. The molecule has 0 heterocycles. The minimum atomic E-state index is -0.516. The van der Waals surface area contributed by atoms with Gasteiger partial charge in [-0.25, -0.2) is 0 Å². The molecule has 0 bridgehead atoms. The van der Waals surface area contributed by atoms with Gasteiger partial charge < -0.3 is 14.8 Å². The Morgan fingerprint density at radius 1 is 1.04 bits per heavy atom. The van der Waals surface area contributed by atoms with Gasteiger partial charge in [-0.05, 0) is 63.4 Å². The second-order valence-corrected chi connectivity index (χ2v) is 6.82. The molecular formula is C22H29NO3. The average Bonchev–Trinajstić information content (AvgIpc) is 2.61. The van der Waals surface area contributed by atoms with Crippen LogP contribution < -0.4 is 14.8 Å². The molecule has 0 aromatic heterocycles. The lowest BCUT2D eigenvalue weighted by Crippen LogP contribution is -2.44. The number of carbonyl (C=O) groups is 1.